The van der Waals surface area contributed by atoms with Gasteiger partial charge < -0.3 is 10.1 Å². The van der Waals surface area contributed by atoms with Crippen molar-refractivity contribution in [3.05, 3.63) is 16.9 Å². The lowest BCUT2D eigenvalue weighted by Gasteiger charge is -2.37. The lowest BCUT2D eigenvalue weighted by atomic mass is 9.89. The van der Waals surface area contributed by atoms with Gasteiger partial charge in [0.15, 0.2) is 0 Å². The van der Waals surface area contributed by atoms with E-state index in [4.69, 9.17) is 16.3 Å². The molecule has 1 saturated carbocycles. The van der Waals surface area contributed by atoms with Crippen LogP contribution in [0.2, 0.25) is 5.02 Å². The first-order valence-corrected chi connectivity index (χ1v) is 7.58. The summed E-state index contributed by atoms with van der Waals surface area (Å²) in [6, 6.07) is 0.102. The zero-order valence-corrected chi connectivity index (χ0v) is 12.8. The number of aromatic nitrogens is 2. The third-order valence-electron chi connectivity index (χ3n) is 4.10. The number of hydrogen-bond donors (Lipinski definition) is 1. The highest BCUT2D eigenvalue weighted by Crippen LogP contribution is 2.44. The second kappa shape index (κ2) is 6.25. The molecule has 4 nitrogen and oxygen atoms in total. The molecule has 1 aliphatic rings. The van der Waals surface area contributed by atoms with Crippen LogP contribution in [0.5, 0.6) is 0 Å². The molecule has 0 spiro atoms. The van der Waals surface area contributed by atoms with Gasteiger partial charge in [-0.25, -0.2) is 0 Å². The quantitative estimate of drug-likeness (QED) is 0.873. The average molecular weight is 286 g/mol. The van der Waals surface area contributed by atoms with Gasteiger partial charge in [-0.2, -0.15) is 5.10 Å². The van der Waals surface area contributed by atoms with Crippen LogP contribution in [0.15, 0.2) is 6.20 Å². The smallest absolute Gasteiger partial charge is 0.0891 e. The standard InChI is InChI=1S/C14H24ClN3O/c1-4-18-12(11(15)10-17-18)13(16-3)14(19-5-2)8-6-7-9-14/h10,13,16H,4-9H2,1-3H3. The average Bonchev–Trinajstić information content (AvgIpc) is 3.00. The van der Waals surface area contributed by atoms with E-state index in [0.717, 1.165) is 36.7 Å². The molecule has 1 atom stereocenters. The number of likely N-dealkylation sites (N-methyl/N-ethyl adjacent to an activating group) is 1. The van der Waals surface area contributed by atoms with E-state index in [2.05, 4.69) is 24.3 Å². The molecule has 5 heteroatoms. The molecule has 1 aromatic rings. The van der Waals surface area contributed by atoms with E-state index in [0.29, 0.717) is 0 Å². The lowest BCUT2D eigenvalue weighted by molar-refractivity contribution is -0.0628. The Hall–Kier alpha value is -0.580. The van der Waals surface area contributed by atoms with Crippen LogP contribution in [0.1, 0.15) is 51.3 Å². The molecule has 0 bridgehead atoms. The molecule has 2 rings (SSSR count). The first-order chi connectivity index (χ1) is 9.18. The Labute approximate surface area is 120 Å². The van der Waals surface area contributed by atoms with E-state index in [1.165, 1.54) is 12.8 Å². The maximum atomic E-state index is 6.36. The van der Waals surface area contributed by atoms with Crippen molar-refractivity contribution in [2.75, 3.05) is 13.7 Å². The maximum Gasteiger partial charge on any atom is 0.0891 e. The summed E-state index contributed by atoms with van der Waals surface area (Å²) in [6.07, 6.45) is 6.33. The number of ether oxygens (including phenoxy) is 1. The monoisotopic (exact) mass is 285 g/mol. The number of hydrogen-bond acceptors (Lipinski definition) is 3. The molecule has 0 radical (unpaired) electrons. The number of aryl methyl sites for hydroxylation is 1. The highest BCUT2D eigenvalue weighted by molar-refractivity contribution is 6.31. The molecule has 0 amide bonds. The number of nitrogens with zero attached hydrogens (tertiary/aromatic N) is 2. The minimum absolute atomic E-state index is 0.102. The largest absolute Gasteiger partial charge is 0.373 e. The van der Waals surface area contributed by atoms with Crippen molar-refractivity contribution >= 4 is 11.6 Å². The van der Waals surface area contributed by atoms with Crippen molar-refractivity contribution in [3.8, 4) is 0 Å². The Morgan fingerprint density at radius 1 is 1.47 bits per heavy atom. The van der Waals surface area contributed by atoms with Gasteiger partial charge in [0.05, 0.1) is 28.6 Å². The van der Waals surface area contributed by atoms with Gasteiger partial charge in [0, 0.05) is 13.2 Å². The van der Waals surface area contributed by atoms with Gasteiger partial charge in [0.1, 0.15) is 0 Å². The van der Waals surface area contributed by atoms with E-state index in [1.54, 1.807) is 6.20 Å². The minimum atomic E-state index is -0.139. The van der Waals surface area contributed by atoms with Crippen molar-refractivity contribution in [2.24, 2.45) is 0 Å². The molecule has 19 heavy (non-hydrogen) atoms. The van der Waals surface area contributed by atoms with Crippen LogP contribution >= 0.6 is 11.6 Å². The summed E-state index contributed by atoms with van der Waals surface area (Å²) in [4.78, 5) is 0. The predicted octanol–water partition coefficient (Wildman–Crippen LogP) is 3.17. The summed E-state index contributed by atoms with van der Waals surface area (Å²) in [5.41, 5.74) is 0.919. The highest BCUT2D eigenvalue weighted by atomic mass is 35.5. The van der Waals surface area contributed by atoms with Crippen LogP contribution < -0.4 is 5.32 Å². The van der Waals surface area contributed by atoms with Crippen molar-refractivity contribution in [3.63, 3.8) is 0 Å². The fraction of sp³-hybridized carbons (Fsp3) is 0.786. The second-order valence-corrected chi connectivity index (χ2v) is 5.53. The number of rotatable bonds is 6. The fourth-order valence-electron chi connectivity index (χ4n) is 3.34. The third kappa shape index (κ3) is 2.67. The molecule has 108 valence electrons. The van der Waals surface area contributed by atoms with Crippen molar-refractivity contribution in [1.82, 2.24) is 15.1 Å². The van der Waals surface area contributed by atoms with E-state index in [9.17, 15) is 0 Å². The van der Waals surface area contributed by atoms with Crippen LogP contribution in [0.4, 0.5) is 0 Å². The molecule has 1 fully saturated rings. The van der Waals surface area contributed by atoms with Crippen LogP contribution in [-0.4, -0.2) is 29.0 Å². The molecule has 1 aliphatic carbocycles. The van der Waals surface area contributed by atoms with E-state index in [-0.39, 0.29) is 11.6 Å². The fourth-order valence-corrected chi connectivity index (χ4v) is 3.59. The summed E-state index contributed by atoms with van der Waals surface area (Å²) in [5, 5.41) is 8.50. The second-order valence-electron chi connectivity index (χ2n) is 5.12. The molecule has 0 aromatic carbocycles. The Morgan fingerprint density at radius 2 is 2.16 bits per heavy atom. The Bertz CT molecular complexity index is 413. The minimum Gasteiger partial charge on any atom is -0.373 e. The molecule has 1 unspecified atom stereocenters. The molecule has 0 saturated heterocycles. The first kappa shape index (κ1) is 14.8. The molecule has 1 heterocycles. The molecular formula is C14H24ClN3O. The zero-order chi connectivity index (χ0) is 13.9. The van der Waals surface area contributed by atoms with Gasteiger partial charge >= 0.3 is 0 Å². The van der Waals surface area contributed by atoms with Gasteiger partial charge in [-0.3, -0.25) is 4.68 Å². The SMILES string of the molecule is CCOC1(C(NC)c2c(Cl)cnn2CC)CCCC1. The first-order valence-electron chi connectivity index (χ1n) is 7.21. The summed E-state index contributed by atoms with van der Waals surface area (Å²) >= 11 is 6.36. The van der Waals surface area contributed by atoms with Gasteiger partial charge in [-0.1, -0.05) is 24.4 Å². The van der Waals surface area contributed by atoms with Gasteiger partial charge in [0.2, 0.25) is 0 Å². The van der Waals surface area contributed by atoms with Gasteiger partial charge in [-0.15, -0.1) is 0 Å². The summed E-state index contributed by atoms with van der Waals surface area (Å²) in [7, 11) is 1.98. The molecular weight excluding hydrogens is 262 g/mol. The van der Waals surface area contributed by atoms with Gasteiger partial charge in [-0.05, 0) is 33.7 Å². The van der Waals surface area contributed by atoms with Crippen LogP contribution in [-0.2, 0) is 11.3 Å². The topological polar surface area (TPSA) is 39.1 Å². The molecule has 0 aliphatic heterocycles. The van der Waals surface area contributed by atoms with E-state index < -0.39 is 0 Å². The lowest BCUT2D eigenvalue weighted by Crippen LogP contribution is -2.44. The number of halogens is 1. The molecule has 1 N–H and O–H groups in total. The van der Waals surface area contributed by atoms with Crippen LogP contribution in [0, 0.1) is 0 Å². The Kier molecular flexibility index (Phi) is 4.87. The summed E-state index contributed by atoms with van der Waals surface area (Å²) in [5.74, 6) is 0. The highest BCUT2D eigenvalue weighted by Gasteiger charge is 2.44. The Morgan fingerprint density at radius 3 is 2.68 bits per heavy atom. The third-order valence-corrected chi connectivity index (χ3v) is 4.39. The maximum absolute atomic E-state index is 6.36. The predicted molar refractivity (Wildman–Crippen MR) is 77.5 cm³/mol. The zero-order valence-electron chi connectivity index (χ0n) is 12.1. The van der Waals surface area contributed by atoms with Crippen LogP contribution in [0.3, 0.4) is 0 Å². The number of nitrogens with one attached hydrogen (secondary N) is 1. The summed E-state index contributed by atoms with van der Waals surface area (Å²) in [6.45, 7) is 5.70. The van der Waals surface area contributed by atoms with E-state index in [1.807, 2.05) is 11.7 Å². The van der Waals surface area contributed by atoms with E-state index >= 15 is 0 Å². The molecule has 1 aromatic heterocycles. The van der Waals surface area contributed by atoms with Crippen molar-refractivity contribution < 1.29 is 4.74 Å². The summed E-state index contributed by atoms with van der Waals surface area (Å²) < 4.78 is 8.13. The van der Waals surface area contributed by atoms with Crippen LogP contribution in [0.25, 0.3) is 0 Å². The van der Waals surface area contributed by atoms with Crippen molar-refractivity contribution in [2.45, 2.75) is 57.7 Å². The van der Waals surface area contributed by atoms with Crippen molar-refractivity contribution in [1.29, 1.82) is 0 Å². The Balaban J connectivity index is 2.39. The normalized spacial score (nSPS) is 19.8. The van der Waals surface area contributed by atoms with Gasteiger partial charge in [0.25, 0.3) is 0 Å².